The van der Waals surface area contributed by atoms with Crippen molar-refractivity contribution in [2.75, 3.05) is 18.4 Å². The molecule has 0 unspecified atom stereocenters. The Labute approximate surface area is 111 Å². The summed E-state index contributed by atoms with van der Waals surface area (Å²) in [6, 6.07) is 10.5. The number of hydrogen-bond acceptors (Lipinski definition) is 2. The third kappa shape index (κ3) is 3.05. The van der Waals surface area contributed by atoms with E-state index in [9.17, 15) is 0 Å². The summed E-state index contributed by atoms with van der Waals surface area (Å²) in [6.45, 7) is 5.34. The van der Waals surface area contributed by atoms with Crippen molar-refractivity contribution >= 4 is 26.8 Å². The van der Waals surface area contributed by atoms with E-state index in [4.69, 9.17) is 0 Å². The van der Waals surface area contributed by atoms with E-state index in [1.165, 1.54) is 10.9 Å². The molecule has 2 aromatic rings. The fraction of sp³-hybridized carbons (Fsp3) is 0.357. The number of halogens is 1. The van der Waals surface area contributed by atoms with Gasteiger partial charge in [-0.25, -0.2) is 0 Å². The van der Waals surface area contributed by atoms with Gasteiger partial charge in [-0.05, 0) is 24.2 Å². The standard InChI is InChI=1S/C14H17BrN2/c1-2-17(10-8-15)11-12-7-9-16-14-6-4-3-5-13(12)14/h3-7,9H,2,8,10-11H2,1H3. The molecule has 17 heavy (non-hydrogen) atoms. The van der Waals surface area contributed by atoms with Crippen molar-refractivity contribution in [3.8, 4) is 0 Å². The topological polar surface area (TPSA) is 16.1 Å². The molecule has 1 aromatic heterocycles. The van der Waals surface area contributed by atoms with E-state index in [2.05, 4.69) is 57.0 Å². The minimum atomic E-state index is 0.991. The van der Waals surface area contributed by atoms with Gasteiger partial charge in [0.25, 0.3) is 0 Å². The first-order valence-corrected chi connectivity index (χ1v) is 7.08. The highest BCUT2D eigenvalue weighted by molar-refractivity contribution is 9.09. The van der Waals surface area contributed by atoms with Crippen LogP contribution in [0, 0.1) is 0 Å². The van der Waals surface area contributed by atoms with Gasteiger partial charge in [-0.15, -0.1) is 0 Å². The molecule has 90 valence electrons. The van der Waals surface area contributed by atoms with Crippen LogP contribution in [0.3, 0.4) is 0 Å². The maximum Gasteiger partial charge on any atom is 0.0705 e. The molecular formula is C14H17BrN2. The zero-order valence-electron chi connectivity index (χ0n) is 10.1. The van der Waals surface area contributed by atoms with Crippen LogP contribution in [-0.2, 0) is 6.54 Å². The maximum atomic E-state index is 4.39. The molecule has 0 saturated carbocycles. The van der Waals surface area contributed by atoms with Crippen molar-refractivity contribution in [1.82, 2.24) is 9.88 Å². The number of pyridine rings is 1. The van der Waals surface area contributed by atoms with Crippen molar-refractivity contribution in [2.24, 2.45) is 0 Å². The van der Waals surface area contributed by atoms with Gasteiger partial charge in [-0.2, -0.15) is 0 Å². The maximum absolute atomic E-state index is 4.39. The monoisotopic (exact) mass is 292 g/mol. The third-order valence-corrected chi connectivity index (χ3v) is 3.34. The highest BCUT2D eigenvalue weighted by atomic mass is 79.9. The van der Waals surface area contributed by atoms with Gasteiger partial charge in [-0.1, -0.05) is 41.1 Å². The predicted octanol–water partition coefficient (Wildman–Crippen LogP) is 3.45. The number of hydrogen-bond donors (Lipinski definition) is 0. The van der Waals surface area contributed by atoms with Crippen LogP contribution in [0.4, 0.5) is 0 Å². The molecule has 0 amide bonds. The molecule has 0 atom stereocenters. The molecule has 2 nitrogen and oxygen atoms in total. The molecule has 0 radical (unpaired) electrons. The molecule has 0 fully saturated rings. The van der Waals surface area contributed by atoms with Gasteiger partial charge in [0.1, 0.15) is 0 Å². The summed E-state index contributed by atoms with van der Waals surface area (Å²) >= 11 is 3.50. The average molecular weight is 293 g/mol. The summed E-state index contributed by atoms with van der Waals surface area (Å²) in [6.07, 6.45) is 1.90. The van der Waals surface area contributed by atoms with Gasteiger partial charge in [0, 0.05) is 30.0 Å². The Morgan fingerprint density at radius 1 is 1.24 bits per heavy atom. The predicted molar refractivity (Wildman–Crippen MR) is 76.5 cm³/mol. The largest absolute Gasteiger partial charge is 0.299 e. The Hall–Kier alpha value is -0.930. The van der Waals surface area contributed by atoms with Crippen LogP contribution in [0.5, 0.6) is 0 Å². The zero-order valence-corrected chi connectivity index (χ0v) is 11.7. The fourth-order valence-corrected chi connectivity index (χ4v) is 2.50. The second kappa shape index (κ2) is 6.12. The van der Waals surface area contributed by atoms with Crippen LogP contribution in [0.2, 0.25) is 0 Å². The van der Waals surface area contributed by atoms with Crippen LogP contribution < -0.4 is 0 Å². The highest BCUT2D eigenvalue weighted by Gasteiger charge is 2.06. The molecule has 0 aliphatic heterocycles. The molecule has 0 spiro atoms. The second-order valence-electron chi connectivity index (χ2n) is 4.04. The van der Waals surface area contributed by atoms with Crippen molar-refractivity contribution in [2.45, 2.75) is 13.5 Å². The Morgan fingerprint density at radius 2 is 2.06 bits per heavy atom. The van der Waals surface area contributed by atoms with E-state index >= 15 is 0 Å². The number of fused-ring (bicyclic) bond motifs is 1. The zero-order chi connectivity index (χ0) is 12.1. The van der Waals surface area contributed by atoms with Crippen molar-refractivity contribution in [1.29, 1.82) is 0 Å². The average Bonchev–Trinajstić information content (AvgIpc) is 2.38. The molecule has 3 heteroatoms. The molecule has 0 aliphatic carbocycles. The van der Waals surface area contributed by atoms with E-state index in [0.717, 1.165) is 30.5 Å². The fourth-order valence-electron chi connectivity index (χ4n) is 2.00. The lowest BCUT2D eigenvalue weighted by molar-refractivity contribution is 0.300. The molecule has 2 rings (SSSR count). The molecule has 0 N–H and O–H groups in total. The number of aromatic nitrogens is 1. The van der Waals surface area contributed by atoms with Gasteiger partial charge in [-0.3, -0.25) is 9.88 Å². The summed E-state index contributed by atoms with van der Waals surface area (Å²) < 4.78 is 0. The van der Waals surface area contributed by atoms with Gasteiger partial charge >= 0.3 is 0 Å². The Morgan fingerprint density at radius 3 is 2.82 bits per heavy atom. The van der Waals surface area contributed by atoms with E-state index in [1.54, 1.807) is 0 Å². The van der Waals surface area contributed by atoms with Crippen LogP contribution in [-0.4, -0.2) is 28.3 Å². The Balaban J connectivity index is 2.28. The molecule has 0 bridgehead atoms. The van der Waals surface area contributed by atoms with E-state index in [-0.39, 0.29) is 0 Å². The first-order valence-electron chi connectivity index (χ1n) is 5.96. The highest BCUT2D eigenvalue weighted by Crippen LogP contribution is 2.17. The van der Waals surface area contributed by atoms with Crippen LogP contribution in [0.15, 0.2) is 36.5 Å². The summed E-state index contributed by atoms with van der Waals surface area (Å²) in [4.78, 5) is 6.82. The van der Waals surface area contributed by atoms with Crippen LogP contribution in [0.1, 0.15) is 12.5 Å². The van der Waals surface area contributed by atoms with Crippen molar-refractivity contribution in [3.63, 3.8) is 0 Å². The lowest BCUT2D eigenvalue weighted by Gasteiger charge is -2.19. The molecular weight excluding hydrogens is 276 g/mol. The number of para-hydroxylation sites is 1. The van der Waals surface area contributed by atoms with E-state index in [0.29, 0.717) is 0 Å². The number of nitrogens with zero attached hydrogens (tertiary/aromatic N) is 2. The molecule has 1 aromatic carbocycles. The first-order chi connectivity index (χ1) is 8.35. The van der Waals surface area contributed by atoms with E-state index in [1.807, 2.05) is 12.3 Å². The normalized spacial score (nSPS) is 11.2. The lowest BCUT2D eigenvalue weighted by atomic mass is 10.1. The molecule has 1 heterocycles. The van der Waals surface area contributed by atoms with Crippen LogP contribution >= 0.6 is 15.9 Å². The number of alkyl halides is 1. The van der Waals surface area contributed by atoms with Gasteiger partial charge < -0.3 is 0 Å². The van der Waals surface area contributed by atoms with E-state index < -0.39 is 0 Å². The van der Waals surface area contributed by atoms with Crippen molar-refractivity contribution < 1.29 is 0 Å². The summed E-state index contributed by atoms with van der Waals surface area (Å²) in [5.74, 6) is 0. The van der Waals surface area contributed by atoms with Gasteiger partial charge in [0.05, 0.1) is 5.52 Å². The number of rotatable bonds is 5. The Bertz CT molecular complexity index is 479. The SMILES string of the molecule is CCN(CCBr)Cc1ccnc2ccccc12. The third-order valence-electron chi connectivity index (χ3n) is 2.98. The van der Waals surface area contributed by atoms with Crippen molar-refractivity contribution in [3.05, 3.63) is 42.1 Å². The molecule has 0 saturated heterocycles. The second-order valence-corrected chi connectivity index (χ2v) is 4.84. The van der Waals surface area contributed by atoms with Gasteiger partial charge in [0.15, 0.2) is 0 Å². The Kier molecular flexibility index (Phi) is 4.51. The smallest absolute Gasteiger partial charge is 0.0705 e. The molecule has 0 aliphatic rings. The lowest BCUT2D eigenvalue weighted by Crippen LogP contribution is -2.24. The minimum Gasteiger partial charge on any atom is -0.299 e. The number of benzene rings is 1. The summed E-state index contributed by atoms with van der Waals surface area (Å²) in [5.41, 5.74) is 2.44. The quantitative estimate of drug-likeness (QED) is 0.785. The van der Waals surface area contributed by atoms with Crippen LogP contribution in [0.25, 0.3) is 10.9 Å². The minimum absolute atomic E-state index is 0.991. The summed E-state index contributed by atoms with van der Waals surface area (Å²) in [7, 11) is 0. The first kappa shape index (κ1) is 12.5. The summed E-state index contributed by atoms with van der Waals surface area (Å²) in [5, 5.41) is 2.28. The van der Waals surface area contributed by atoms with Gasteiger partial charge in [0.2, 0.25) is 0 Å².